The molecule has 1 aliphatic carbocycles. The van der Waals surface area contributed by atoms with Crippen LogP contribution >= 0.6 is 11.6 Å². The Balaban J connectivity index is 1.09. The standard InChI is InChI=1S/C37H28ClN3O4/c38-31-14-5-1-8-23(31)22-24-9-7-13-30-33(29-12-4-6-15-32(29)40-34(24)30)35(42)39-25-16-18-26(19-17-25)45-21-20-41-36(43)27-10-2-3-11-28(27)37(41)44/h1-6,8,10-12,14-19,22H,7,9,13,20-21H2,(H,39,42)/b24-22+. The van der Waals surface area contributed by atoms with Crippen LogP contribution in [0.2, 0.25) is 5.02 Å². The Morgan fingerprint density at radius 3 is 2.31 bits per heavy atom. The lowest BCUT2D eigenvalue weighted by molar-refractivity contribution is 0.0631. The Labute approximate surface area is 265 Å². The molecule has 0 fully saturated rings. The van der Waals surface area contributed by atoms with E-state index in [0.29, 0.717) is 33.1 Å². The van der Waals surface area contributed by atoms with Crippen molar-refractivity contribution in [1.82, 2.24) is 9.88 Å². The lowest BCUT2D eigenvalue weighted by atomic mass is 9.85. The van der Waals surface area contributed by atoms with Gasteiger partial charge in [0.25, 0.3) is 17.7 Å². The van der Waals surface area contributed by atoms with Crippen LogP contribution in [0.3, 0.4) is 0 Å². The van der Waals surface area contributed by atoms with E-state index in [9.17, 15) is 14.4 Å². The minimum absolute atomic E-state index is 0.137. The van der Waals surface area contributed by atoms with Crippen molar-refractivity contribution in [2.45, 2.75) is 19.3 Å². The van der Waals surface area contributed by atoms with Gasteiger partial charge < -0.3 is 10.1 Å². The van der Waals surface area contributed by atoms with Gasteiger partial charge in [-0.25, -0.2) is 4.98 Å². The summed E-state index contributed by atoms with van der Waals surface area (Å²) in [7, 11) is 0. The number of para-hydroxylation sites is 1. The summed E-state index contributed by atoms with van der Waals surface area (Å²) < 4.78 is 5.83. The number of hydrogen-bond donors (Lipinski definition) is 1. The molecule has 222 valence electrons. The van der Waals surface area contributed by atoms with Gasteiger partial charge in [0.15, 0.2) is 0 Å². The maximum Gasteiger partial charge on any atom is 0.261 e. The molecule has 7 rings (SSSR count). The molecule has 5 aromatic rings. The molecule has 1 aliphatic heterocycles. The number of nitrogens with zero attached hydrogens (tertiary/aromatic N) is 2. The Morgan fingerprint density at radius 1 is 0.867 bits per heavy atom. The first-order valence-electron chi connectivity index (χ1n) is 14.8. The van der Waals surface area contributed by atoms with Crippen molar-refractivity contribution in [3.63, 3.8) is 0 Å². The number of aromatic nitrogens is 1. The van der Waals surface area contributed by atoms with Crippen LogP contribution in [-0.2, 0) is 6.42 Å². The van der Waals surface area contributed by atoms with Crippen LogP contribution in [0.1, 0.15) is 60.7 Å². The fourth-order valence-electron chi connectivity index (χ4n) is 6.04. The van der Waals surface area contributed by atoms with E-state index >= 15 is 0 Å². The lowest BCUT2D eigenvalue weighted by Gasteiger charge is -2.23. The summed E-state index contributed by atoms with van der Waals surface area (Å²) in [6.45, 7) is 0.286. The monoisotopic (exact) mass is 613 g/mol. The number of carbonyl (C=O) groups excluding carboxylic acids is 3. The van der Waals surface area contributed by atoms with Gasteiger partial charge in [-0.2, -0.15) is 0 Å². The molecule has 0 spiro atoms. The van der Waals surface area contributed by atoms with Crippen LogP contribution in [0.4, 0.5) is 5.69 Å². The van der Waals surface area contributed by atoms with E-state index in [4.69, 9.17) is 21.3 Å². The zero-order valence-corrected chi connectivity index (χ0v) is 25.0. The Morgan fingerprint density at radius 2 is 1.56 bits per heavy atom. The molecular weight excluding hydrogens is 586 g/mol. The minimum atomic E-state index is -0.311. The highest BCUT2D eigenvalue weighted by molar-refractivity contribution is 6.32. The van der Waals surface area contributed by atoms with Crippen LogP contribution in [0.25, 0.3) is 22.6 Å². The largest absolute Gasteiger partial charge is 0.492 e. The third-order valence-corrected chi connectivity index (χ3v) is 8.55. The summed E-state index contributed by atoms with van der Waals surface area (Å²) in [4.78, 5) is 45.3. The number of nitrogens with one attached hydrogen (secondary N) is 1. The fourth-order valence-corrected chi connectivity index (χ4v) is 6.23. The summed E-state index contributed by atoms with van der Waals surface area (Å²) in [6, 6.07) is 29.3. The van der Waals surface area contributed by atoms with Gasteiger partial charge in [-0.1, -0.05) is 60.1 Å². The summed E-state index contributed by atoms with van der Waals surface area (Å²) >= 11 is 6.47. The normalized spacial score (nSPS) is 14.9. The molecule has 2 heterocycles. The second kappa shape index (κ2) is 12.0. The second-order valence-electron chi connectivity index (χ2n) is 11.0. The number of fused-ring (bicyclic) bond motifs is 3. The Hall–Kier alpha value is -5.27. The topological polar surface area (TPSA) is 88.6 Å². The number of rotatable bonds is 7. The highest BCUT2D eigenvalue weighted by Crippen LogP contribution is 2.37. The van der Waals surface area contributed by atoms with E-state index in [1.165, 1.54) is 4.90 Å². The third-order valence-electron chi connectivity index (χ3n) is 8.21. The van der Waals surface area contributed by atoms with Crippen LogP contribution in [0.5, 0.6) is 5.75 Å². The average Bonchev–Trinajstić information content (AvgIpc) is 3.30. The van der Waals surface area contributed by atoms with Crippen LogP contribution < -0.4 is 10.1 Å². The van der Waals surface area contributed by atoms with Gasteiger partial charge in [-0.3, -0.25) is 19.3 Å². The first-order chi connectivity index (χ1) is 22.0. The number of benzene rings is 4. The van der Waals surface area contributed by atoms with E-state index in [-0.39, 0.29) is 30.9 Å². The van der Waals surface area contributed by atoms with Crippen molar-refractivity contribution >= 4 is 57.6 Å². The number of carbonyl (C=O) groups is 3. The molecular formula is C37H28ClN3O4. The van der Waals surface area contributed by atoms with Gasteiger partial charge in [0.05, 0.1) is 34.4 Å². The first kappa shape index (κ1) is 28.5. The third kappa shape index (κ3) is 5.47. The molecule has 0 bridgehead atoms. The van der Waals surface area contributed by atoms with Crippen molar-refractivity contribution in [3.8, 4) is 5.75 Å². The molecule has 0 saturated heterocycles. The van der Waals surface area contributed by atoms with Gasteiger partial charge in [0, 0.05) is 16.1 Å². The van der Waals surface area contributed by atoms with Gasteiger partial charge in [-0.05, 0) is 90.6 Å². The van der Waals surface area contributed by atoms with Gasteiger partial charge in [0.2, 0.25) is 0 Å². The minimum Gasteiger partial charge on any atom is -0.492 e. The maximum absolute atomic E-state index is 13.9. The fraction of sp³-hybridized carbons (Fsp3) is 0.135. The zero-order valence-electron chi connectivity index (χ0n) is 24.3. The molecule has 8 heteroatoms. The van der Waals surface area contributed by atoms with E-state index in [1.54, 1.807) is 48.5 Å². The van der Waals surface area contributed by atoms with E-state index < -0.39 is 0 Å². The van der Waals surface area contributed by atoms with Crippen molar-refractivity contribution < 1.29 is 19.1 Å². The van der Waals surface area contributed by atoms with E-state index in [1.807, 2.05) is 48.5 Å². The highest BCUT2D eigenvalue weighted by Gasteiger charge is 2.34. The number of hydrogen-bond acceptors (Lipinski definition) is 5. The van der Waals surface area contributed by atoms with Crippen LogP contribution in [-0.4, -0.2) is 40.8 Å². The summed E-state index contributed by atoms with van der Waals surface area (Å²) in [5.41, 5.74) is 6.59. The average molecular weight is 614 g/mol. The number of imide groups is 1. The molecule has 7 nitrogen and oxygen atoms in total. The lowest BCUT2D eigenvalue weighted by Crippen LogP contribution is -2.33. The zero-order chi connectivity index (χ0) is 30.9. The first-order valence-corrected chi connectivity index (χ1v) is 15.2. The molecule has 0 saturated carbocycles. The molecule has 2 aliphatic rings. The predicted octanol–water partition coefficient (Wildman–Crippen LogP) is 7.69. The van der Waals surface area contributed by atoms with Gasteiger partial charge in [-0.15, -0.1) is 0 Å². The number of anilines is 1. The number of pyridine rings is 1. The molecule has 3 amide bonds. The summed E-state index contributed by atoms with van der Waals surface area (Å²) in [5.74, 6) is -0.266. The van der Waals surface area contributed by atoms with Gasteiger partial charge >= 0.3 is 0 Å². The van der Waals surface area contributed by atoms with E-state index in [0.717, 1.165) is 52.6 Å². The SMILES string of the molecule is O=C(Nc1ccc(OCCN2C(=O)c3ccccc3C2=O)cc1)c1c2c(nc3ccccc13)/C(=C/c1ccccc1Cl)CCC2. The van der Waals surface area contributed by atoms with Crippen LogP contribution in [0, 0.1) is 0 Å². The van der Waals surface area contributed by atoms with Crippen molar-refractivity contribution in [3.05, 3.63) is 136 Å². The smallest absolute Gasteiger partial charge is 0.261 e. The van der Waals surface area contributed by atoms with Gasteiger partial charge in [0.1, 0.15) is 12.4 Å². The van der Waals surface area contributed by atoms with Crippen molar-refractivity contribution in [1.29, 1.82) is 0 Å². The van der Waals surface area contributed by atoms with Crippen LogP contribution in [0.15, 0.2) is 97.1 Å². The second-order valence-corrected chi connectivity index (χ2v) is 11.4. The molecule has 0 unspecified atom stereocenters. The quantitative estimate of drug-likeness (QED) is 0.190. The molecule has 0 radical (unpaired) electrons. The number of halogens is 1. The summed E-state index contributed by atoms with van der Waals surface area (Å²) in [6.07, 6.45) is 4.57. The Bertz CT molecular complexity index is 1980. The number of allylic oxidation sites excluding steroid dienone is 1. The molecule has 1 N–H and O–H groups in total. The van der Waals surface area contributed by atoms with E-state index in [2.05, 4.69) is 11.4 Å². The predicted molar refractivity (Wildman–Crippen MR) is 176 cm³/mol. The number of amides is 3. The maximum atomic E-state index is 13.9. The molecule has 45 heavy (non-hydrogen) atoms. The van der Waals surface area contributed by atoms with Crippen molar-refractivity contribution in [2.75, 3.05) is 18.5 Å². The van der Waals surface area contributed by atoms with Crippen molar-refractivity contribution in [2.24, 2.45) is 0 Å². The summed E-state index contributed by atoms with van der Waals surface area (Å²) in [5, 5.41) is 4.54. The Kier molecular flexibility index (Phi) is 7.61. The number of ether oxygens (including phenoxy) is 1. The molecule has 1 aromatic heterocycles. The molecule has 0 atom stereocenters. The highest BCUT2D eigenvalue weighted by atomic mass is 35.5. The molecule has 4 aromatic carbocycles.